The maximum atomic E-state index is 13.4. The maximum Gasteiger partial charge on any atom is 0.346 e. The Bertz CT molecular complexity index is 405. The first-order valence-electron chi connectivity index (χ1n) is 4.16. The Morgan fingerprint density at radius 2 is 2.27 bits per heavy atom. The van der Waals surface area contributed by atoms with Crippen molar-refractivity contribution in [1.82, 2.24) is 0 Å². The van der Waals surface area contributed by atoms with Crippen molar-refractivity contribution in [2.45, 2.75) is 6.92 Å². The van der Waals surface area contributed by atoms with Crippen LogP contribution in [0.25, 0.3) is 0 Å². The minimum absolute atomic E-state index is 0.175. The molecule has 1 aromatic carbocycles. The number of ether oxygens (including phenoxy) is 1. The van der Waals surface area contributed by atoms with Gasteiger partial charge in [-0.3, -0.25) is 14.9 Å². The first-order chi connectivity index (χ1) is 7.11. The Kier molecular flexibility index (Phi) is 3.33. The van der Waals surface area contributed by atoms with Crippen molar-refractivity contribution in [2.24, 2.45) is 0 Å². The first kappa shape index (κ1) is 11.1. The van der Waals surface area contributed by atoms with E-state index in [9.17, 15) is 19.3 Å². The fraction of sp³-hybridized carbons (Fsp3) is 0.222. The van der Waals surface area contributed by atoms with E-state index in [4.69, 9.17) is 4.74 Å². The van der Waals surface area contributed by atoms with E-state index in [1.807, 2.05) is 0 Å². The van der Waals surface area contributed by atoms with Gasteiger partial charge in [0.2, 0.25) is 5.82 Å². The summed E-state index contributed by atoms with van der Waals surface area (Å²) in [4.78, 5) is 20.0. The third-order valence-electron chi connectivity index (χ3n) is 1.72. The highest BCUT2D eigenvalue weighted by Gasteiger charge is 2.24. The molecule has 0 saturated heterocycles. The van der Waals surface area contributed by atoms with Crippen LogP contribution in [0.4, 0.5) is 10.1 Å². The topological polar surface area (TPSA) is 69.4 Å². The molecule has 0 unspecified atom stereocenters. The van der Waals surface area contributed by atoms with E-state index in [0.717, 1.165) is 6.07 Å². The SMILES string of the molecule is CCOc1ccc(C=O)c(F)c1[N+](=O)[O-]. The summed E-state index contributed by atoms with van der Waals surface area (Å²) in [6.07, 6.45) is 0.220. The molecular formula is C9H8FNO4. The molecular weight excluding hydrogens is 205 g/mol. The maximum absolute atomic E-state index is 13.4. The van der Waals surface area contributed by atoms with E-state index in [1.54, 1.807) is 6.92 Å². The van der Waals surface area contributed by atoms with Gasteiger partial charge in [0, 0.05) is 0 Å². The molecule has 1 aromatic rings. The molecule has 0 fully saturated rings. The van der Waals surface area contributed by atoms with E-state index in [2.05, 4.69) is 0 Å². The lowest BCUT2D eigenvalue weighted by Gasteiger charge is -2.05. The van der Waals surface area contributed by atoms with Gasteiger partial charge in [0.25, 0.3) is 0 Å². The van der Waals surface area contributed by atoms with Gasteiger partial charge >= 0.3 is 5.69 Å². The van der Waals surface area contributed by atoms with Crippen molar-refractivity contribution in [3.8, 4) is 5.75 Å². The molecule has 0 N–H and O–H groups in total. The molecule has 0 aromatic heterocycles. The smallest absolute Gasteiger partial charge is 0.346 e. The van der Waals surface area contributed by atoms with Crippen molar-refractivity contribution in [2.75, 3.05) is 6.61 Å². The molecule has 0 aliphatic rings. The second kappa shape index (κ2) is 4.50. The lowest BCUT2D eigenvalue weighted by molar-refractivity contribution is -0.388. The fourth-order valence-electron chi connectivity index (χ4n) is 1.10. The largest absolute Gasteiger partial charge is 0.487 e. The van der Waals surface area contributed by atoms with Crippen LogP contribution in [-0.2, 0) is 0 Å². The van der Waals surface area contributed by atoms with Gasteiger partial charge in [-0.05, 0) is 19.1 Å². The molecule has 0 spiro atoms. The molecule has 0 saturated carbocycles. The third kappa shape index (κ3) is 2.09. The first-order valence-corrected chi connectivity index (χ1v) is 4.16. The summed E-state index contributed by atoms with van der Waals surface area (Å²) >= 11 is 0. The van der Waals surface area contributed by atoms with Crippen molar-refractivity contribution in [3.63, 3.8) is 0 Å². The second-order valence-electron chi connectivity index (χ2n) is 2.62. The van der Waals surface area contributed by atoms with Crippen LogP contribution in [0.1, 0.15) is 17.3 Å². The van der Waals surface area contributed by atoms with Gasteiger partial charge in [-0.25, -0.2) is 0 Å². The number of aldehydes is 1. The molecule has 0 aliphatic heterocycles. The van der Waals surface area contributed by atoms with Gasteiger partial charge in [-0.2, -0.15) is 4.39 Å². The van der Waals surface area contributed by atoms with Crippen molar-refractivity contribution < 1.29 is 18.8 Å². The fourth-order valence-corrected chi connectivity index (χ4v) is 1.10. The minimum atomic E-state index is -1.17. The van der Waals surface area contributed by atoms with Gasteiger partial charge in [0.15, 0.2) is 12.0 Å². The molecule has 0 heterocycles. The molecule has 0 bridgehead atoms. The predicted molar refractivity (Wildman–Crippen MR) is 49.6 cm³/mol. The van der Waals surface area contributed by atoms with Gasteiger partial charge in [0.05, 0.1) is 17.1 Å². The molecule has 0 radical (unpaired) electrons. The number of carbonyl (C=O) groups is 1. The Morgan fingerprint density at radius 1 is 1.60 bits per heavy atom. The zero-order chi connectivity index (χ0) is 11.4. The molecule has 1 rings (SSSR count). The molecule has 5 nitrogen and oxygen atoms in total. The minimum Gasteiger partial charge on any atom is -0.487 e. The molecule has 0 aliphatic carbocycles. The van der Waals surface area contributed by atoms with Crippen LogP contribution in [0, 0.1) is 15.9 Å². The number of hydrogen-bond donors (Lipinski definition) is 0. The number of nitro benzene ring substituents is 1. The molecule has 80 valence electrons. The van der Waals surface area contributed by atoms with Crippen molar-refractivity contribution in [1.29, 1.82) is 0 Å². The van der Waals surface area contributed by atoms with E-state index >= 15 is 0 Å². The summed E-state index contributed by atoms with van der Waals surface area (Å²) in [6, 6.07) is 2.34. The summed E-state index contributed by atoms with van der Waals surface area (Å²) in [6.45, 7) is 1.80. The number of nitrogens with zero attached hydrogens (tertiary/aromatic N) is 1. The molecule has 15 heavy (non-hydrogen) atoms. The van der Waals surface area contributed by atoms with Crippen LogP contribution < -0.4 is 4.74 Å². The second-order valence-corrected chi connectivity index (χ2v) is 2.62. The zero-order valence-corrected chi connectivity index (χ0v) is 7.90. The highest BCUT2D eigenvalue weighted by atomic mass is 19.1. The zero-order valence-electron chi connectivity index (χ0n) is 7.90. The Hall–Kier alpha value is -1.98. The molecule has 0 amide bonds. The Balaban J connectivity index is 3.37. The summed E-state index contributed by atoms with van der Waals surface area (Å²) in [7, 11) is 0. The van der Waals surface area contributed by atoms with Crippen LogP contribution in [0.15, 0.2) is 12.1 Å². The monoisotopic (exact) mass is 213 g/mol. The molecule has 0 atom stereocenters. The van der Waals surface area contributed by atoms with E-state index < -0.39 is 16.4 Å². The van der Waals surface area contributed by atoms with Gasteiger partial charge in [0.1, 0.15) is 0 Å². The third-order valence-corrected chi connectivity index (χ3v) is 1.72. The normalized spacial score (nSPS) is 9.73. The van der Waals surface area contributed by atoms with Crippen molar-refractivity contribution >= 4 is 12.0 Å². The Labute approximate surface area is 84.6 Å². The van der Waals surface area contributed by atoms with Gasteiger partial charge in [-0.1, -0.05) is 0 Å². The van der Waals surface area contributed by atoms with E-state index in [0.29, 0.717) is 0 Å². The van der Waals surface area contributed by atoms with E-state index in [1.165, 1.54) is 6.07 Å². The number of nitro groups is 1. The lowest BCUT2D eigenvalue weighted by Crippen LogP contribution is -2.02. The summed E-state index contributed by atoms with van der Waals surface area (Å²) < 4.78 is 18.2. The Morgan fingerprint density at radius 3 is 2.73 bits per heavy atom. The number of hydrogen-bond acceptors (Lipinski definition) is 4. The average molecular weight is 213 g/mol. The van der Waals surface area contributed by atoms with Gasteiger partial charge < -0.3 is 4.74 Å². The van der Waals surface area contributed by atoms with Crippen LogP contribution in [0.3, 0.4) is 0 Å². The number of rotatable bonds is 4. The highest BCUT2D eigenvalue weighted by molar-refractivity contribution is 5.78. The average Bonchev–Trinajstić information content (AvgIpc) is 2.18. The predicted octanol–water partition coefficient (Wildman–Crippen LogP) is 1.95. The van der Waals surface area contributed by atoms with Gasteiger partial charge in [-0.15, -0.1) is 0 Å². The number of carbonyl (C=O) groups excluding carboxylic acids is 1. The van der Waals surface area contributed by atoms with Crippen LogP contribution in [-0.4, -0.2) is 17.8 Å². The molecule has 6 heteroatoms. The number of halogens is 1. The van der Waals surface area contributed by atoms with Crippen molar-refractivity contribution in [3.05, 3.63) is 33.6 Å². The summed E-state index contributed by atoms with van der Waals surface area (Å²) in [5.41, 5.74) is -1.16. The van der Waals surface area contributed by atoms with Crippen LogP contribution >= 0.6 is 0 Å². The lowest BCUT2D eigenvalue weighted by atomic mass is 10.2. The number of benzene rings is 1. The van der Waals surface area contributed by atoms with E-state index in [-0.39, 0.29) is 24.2 Å². The quantitative estimate of drug-likeness (QED) is 0.435. The van der Waals surface area contributed by atoms with Crippen LogP contribution in [0.2, 0.25) is 0 Å². The standard InChI is InChI=1S/C9H8FNO4/c1-2-15-7-4-3-6(5-12)8(10)9(7)11(13)14/h3-5H,2H2,1H3. The summed E-state index contributed by atoms with van der Waals surface area (Å²) in [5.74, 6) is -1.34. The highest BCUT2D eigenvalue weighted by Crippen LogP contribution is 2.31. The van der Waals surface area contributed by atoms with Crippen LogP contribution in [0.5, 0.6) is 5.75 Å². The summed E-state index contributed by atoms with van der Waals surface area (Å²) in [5, 5.41) is 10.6.